The second-order valence-corrected chi connectivity index (χ2v) is 5.11. The van der Waals surface area contributed by atoms with Crippen molar-refractivity contribution in [3.8, 4) is 0 Å². The van der Waals surface area contributed by atoms with Gasteiger partial charge in [0, 0.05) is 13.7 Å². The van der Waals surface area contributed by atoms with Gasteiger partial charge in [0.1, 0.15) is 11.7 Å². The molecule has 1 heterocycles. The number of hydrogen-bond donors (Lipinski definition) is 2. The molecule has 1 aliphatic rings. The predicted octanol–water partition coefficient (Wildman–Crippen LogP) is 1.11. The summed E-state index contributed by atoms with van der Waals surface area (Å²) in [6.07, 6.45) is 3.13. The summed E-state index contributed by atoms with van der Waals surface area (Å²) in [4.78, 5) is 4.25. The molecule has 2 rings (SSSR count). The van der Waals surface area contributed by atoms with Gasteiger partial charge in [-0.2, -0.15) is 4.98 Å². The highest BCUT2D eigenvalue weighted by Gasteiger charge is 2.41. The number of nitrogens with zero attached hydrogens (tertiary/aromatic N) is 2. The normalized spacial score (nSPS) is 30.3. The average Bonchev–Trinajstić information content (AvgIpc) is 2.87. The van der Waals surface area contributed by atoms with E-state index in [1.807, 2.05) is 0 Å². The number of ether oxygens (including phenoxy) is 1. The van der Waals surface area contributed by atoms with Crippen molar-refractivity contribution in [2.24, 2.45) is 11.7 Å². The Morgan fingerprint density at radius 1 is 1.67 bits per heavy atom. The lowest BCUT2D eigenvalue weighted by Gasteiger charge is -2.36. The number of hydrogen-bond acceptors (Lipinski definition) is 6. The minimum absolute atomic E-state index is 0.0675. The van der Waals surface area contributed by atoms with Crippen LogP contribution in [0.1, 0.15) is 50.4 Å². The monoisotopic (exact) mass is 255 g/mol. The highest BCUT2D eigenvalue weighted by molar-refractivity contribution is 5.05. The Balaban J connectivity index is 2.24. The molecule has 0 aliphatic heterocycles. The lowest BCUT2D eigenvalue weighted by Crippen LogP contribution is -2.35. The van der Waals surface area contributed by atoms with Crippen LogP contribution in [-0.4, -0.2) is 28.9 Å². The molecule has 0 radical (unpaired) electrons. The first-order valence-electron chi connectivity index (χ1n) is 6.38. The van der Waals surface area contributed by atoms with E-state index >= 15 is 0 Å². The van der Waals surface area contributed by atoms with E-state index in [0.29, 0.717) is 11.7 Å². The molecule has 0 spiro atoms. The predicted molar refractivity (Wildman–Crippen MR) is 64.6 cm³/mol. The van der Waals surface area contributed by atoms with E-state index in [9.17, 15) is 5.11 Å². The van der Waals surface area contributed by atoms with E-state index in [4.69, 9.17) is 15.0 Å². The van der Waals surface area contributed by atoms with E-state index in [1.165, 1.54) is 6.42 Å². The van der Waals surface area contributed by atoms with Gasteiger partial charge in [0.25, 0.3) is 5.89 Å². The standard InChI is InChI=1S/C12H21N3O3/c1-8-4-3-5-12(6-8,17-2)11-14-10(18-15-11)9(16)7-13/h8-9,16H,3-7,13H2,1-2H3. The summed E-state index contributed by atoms with van der Waals surface area (Å²) in [5.41, 5.74) is 4.89. The molecule has 102 valence electrons. The van der Waals surface area contributed by atoms with Crippen molar-refractivity contribution in [2.45, 2.75) is 44.3 Å². The maximum absolute atomic E-state index is 9.59. The summed E-state index contributed by atoms with van der Waals surface area (Å²) in [5.74, 6) is 1.27. The van der Waals surface area contributed by atoms with E-state index < -0.39 is 11.7 Å². The number of nitrogens with two attached hydrogens (primary N) is 1. The van der Waals surface area contributed by atoms with Crippen molar-refractivity contribution in [3.05, 3.63) is 11.7 Å². The Kier molecular flexibility index (Phi) is 3.99. The van der Waals surface area contributed by atoms with E-state index in [0.717, 1.165) is 19.3 Å². The van der Waals surface area contributed by atoms with Gasteiger partial charge in [-0.15, -0.1) is 0 Å². The van der Waals surface area contributed by atoms with Crippen molar-refractivity contribution in [3.63, 3.8) is 0 Å². The highest BCUT2D eigenvalue weighted by atomic mass is 16.5. The Labute approximate surface area is 107 Å². The summed E-state index contributed by atoms with van der Waals surface area (Å²) in [6.45, 7) is 2.26. The second-order valence-electron chi connectivity index (χ2n) is 5.11. The molecule has 0 bridgehead atoms. The molecule has 0 aromatic carbocycles. The number of aromatic nitrogens is 2. The molecule has 1 aromatic rings. The third kappa shape index (κ3) is 2.41. The van der Waals surface area contributed by atoms with Crippen molar-refractivity contribution in [1.82, 2.24) is 10.1 Å². The summed E-state index contributed by atoms with van der Waals surface area (Å²) in [6, 6.07) is 0. The minimum Gasteiger partial charge on any atom is -0.382 e. The fourth-order valence-corrected chi connectivity index (χ4v) is 2.64. The molecule has 0 amide bonds. The molecule has 18 heavy (non-hydrogen) atoms. The molecule has 6 nitrogen and oxygen atoms in total. The van der Waals surface area contributed by atoms with Crippen molar-refractivity contribution in [2.75, 3.05) is 13.7 Å². The van der Waals surface area contributed by atoms with Crippen molar-refractivity contribution < 1.29 is 14.4 Å². The van der Waals surface area contributed by atoms with Gasteiger partial charge < -0.3 is 20.1 Å². The number of methoxy groups -OCH3 is 1. The van der Waals surface area contributed by atoms with Gasteiger partial charge in [-0.05, 0) is 25.2 Å². The van der Waals surface area contributed by atoms with Crippen LogP contribution in [0.15, 0.2) is 4.52 Å². The zero-order valence-corrected chi connectivity index (χ0v) is 10.9. The van der Waals surface area contributed by atoms with Crippen LogP contribution in [0, 0.1) is 5.92 Å². The minimum atomic E-state index is -0.902. The Morgan fingerprint density at radius 2 is 2.44 bits per heavy atom. The van der Waals surface area contributed by atoms with E-state index in [1.54, 1.807) is 7.11 Å². The number of rotatable bonds is 4. The van der Waals surface area contributed by atoms with Crippen LogP contribution < -0.4 is 5.73 Å². The first-order chi connectivity index (χ1) is 8.61. The van der Waals surface area contributed by atoms with Crippen molar-refractivity contribution in [1.29, 1.82) is 0 Å². The topological polar surface area (TPSA) is 94.4 Å². The molecule has 0 saturated heterocycles. The lowest BCUT2D eigenvalue weighted by atomic mass is 9.78. The van der Waals surface area contributed by atoms with Crippen LogP contribution in [0.2, 0.25) is 0 Å². The third-order valence-electron chi connectivity index (χ3n) is 3.70. The summed E-state index contributed by atoms with van der Waals surface area (Å²) >= 11 is 0. The first kappa shape index (κ1) is 13.5. The second kappa shape index (κ2) is 5.34. The van der Waals surface area contributed by atoms with Crippen molar-refractivity contribution >= 4 is 0 Å². The Hall–Kier alpha value is -0.980. The molecule has 6 heteroatoms. The van der Waals surface area contributed by atoms with Gasteiger partial charge in [-0.1, -0.05) is 18.5 Å². The zero-order valence-electron chi connectivity index (χ0n) is 10.9. The maximum atomic E-state index is 9.59. The summed E-state index contributed by atoms with van der Waals surface area (Å²) < 4.78 is 10.7. The highest BCUT2D eigenvalue weighted by Crippen LogP contribution is 2.41. The molecular weight excluding hydrogens is 234 g/mol. The van der Waals surface area contributed by atoms with E-state index in [2.05, 4.69) is 17.1 Å². The largest absolute Gasteiger partial charge is 0.382 e. The van der Waals surface area contributed by atoms with Gasteiger partial charge in [0.2, 0.25) is 5.82 Å². The van der Waals surface area contributed by atoms with E-state index in [-0.39, 0.29) is 12.4 Å². The lowest BCUT2D eigenvalue weighted by molar-refractivity contribution is -0.0658. The van der Waals surface area contributed by atoms with Gasteiger partial charge in [0.05, 0.1) is 0 Å². The van der Waals surface area contributed by atoms with Crippen LogP contribution in [0.25, 0.3) is 0 Å². The number of aliphatic hydroxyl groups excluding tert-OH is 1. The maximum Gasteiger partial charge on any atom is 0.256 e. The van der Waals surface area contributed by atoms with Gasteiger partial charge in [-0.3, -0.25) is 0 Å². The van der Waals surface area contributed by atoms with Crippen LogP contribution in [0.5, 0.6) is 0 Å². The number of aliphatic hydroxyl groups is 1. The average molecular weight is 255 g/mol. The Morgan fingerprint density at radius 3 is 3.06 bits per heavy atom. The first-order valence-corrected chi connectivity index (χ1v) is 6.38. The summed E-state index contributed by atoms with van der Waals surface area (Å²) in [7, 11) is 1.67. The van der Waals surface area contributed by atoms with Crippen LogP contribution in [0.3, 0.4) is 0 Å². The quantitative estimate of drug-likeness (QED) is 0.837. The van der Waals surface area contributed by atoms with Crippen LogP contribution in [-0.2, 0) is 10.3 Å². The van der Waals surface area contributed by atoms with Crippen LogP contribution >= 0.6 is 0 Å². The van der Waals surface area contributed by atoms with Gasteiger partial charge in [-0.25, -0.2) is 0 Å². The van der Waals surface area contributed by atoms with Gasteiger partial charge in [0.15, 0.2) is 0 Å². The summed E-state index contributed by atoms with van der Waals surface area (Å²) in [5, 5.41) is 13.5. The SMILES string of the molecule is COC1(c2noc(C(O)CN)n2)CCCC(C)C1. The molecule has 1 aliphatic carbocycles. The Bertz CT molecular complexity index is 396. The fourth-order valence-electron chi connectivity index (χ4n) is 2.64. The van der Waals surface area contributed by atoms with Crippen LogP contribution in [0.4, 0.5) is 0 Å². The zero-order chi connectivity index (χ0) is 13.2. The van der Waals surface area contributed by atoms with Gasteiger partial charge >= 0.3 is 0 Å². The third-order valence-corrected chi connectivity index (χ3v) is 3.70. The smallest absolute Gasteiger partial charge is 0.256 e. The molecule has 1 fully saturated rings. The molecule has 1 saturated carbocycles. The molecule has 1 aromatic heterocycles. The molecule has 3 atom stereocenters. The molecule has 3 N–H and O–H groups in total. The molecule has 3 unspecified atom stereocenters. The fraction of sp³-hybridized carbons (Fsp3) is 0.833. The molecular formula is C12H21N3O3.